The van der Waals surface area contributed by atoms with Gasteiger partial charge in [-0.05, 0) is 48.9 Å². The maximum Gasteiger partial charge on any atom is 0.251 e. The maximum absolute atomic E-state index is 12.5. The topological polar surface area (TPSA) is 75.4 Å². The molecule has 6 heteroatoms. The molecule has 0 radical (unpaired) electrons. The summed E-state index contributed by atoms with van der Waals surface area (Å²) in [6.07, 6.45) is 2.88. The molecule has 0 fully saturated rings. The average molecular weight is 386 g/mol. The number of carbonyl (C=O) groups is 2. The van der Waals surface area contributed by atoms with Gasteiger partial charge in [0, 0.05) is 11.4 Å². The lowest BCUT2D eigenvalue weighted by molar-refractivity contribution is -0.117. The number of aryl methyl sites for hydroxylation is 1. The van der Waals surface area contributed by atoms with E-state index < -0.39 is 5.91 Å². The van der Waals surface area contributed by atoms with Crippen molar-refractivity contribution < 1.29 is 9.59 Å². The SMILES string of the molecule is CC(C)c1ccc(CN(C)CC(=O)Nc2sc3c(c2C(N)=O)CCC3)cc1. The summed E-state index contributed by atoms with van der Waals surface area (Å²) in [6.45, 7) is 5.29. The number of carbonyl (C=O) groups excluding carboxylic acids is 2. The molecule has 2 amide bonds. The quantitative estimate of drug-likeness (QED) is 0.766. The van der Waals surface area contributed by atoms with E-state index in [0.29, 0.717) is 23.0 Å². The maximum atomic E-state index is 12.5. The summed E-state index contributed by atoms with van der Waals surface area (Å²) >= 11 is 1.49. The smallest absolute Gasteiger partial charge is 0.251 e. The third kappa shape index (κ3) is 4.57. The van der Waals surface area contributed by atoms with Crippen molar-refractivity contribution in [2.75, 3.05) is 18.9 Å². The molecule has 1 aromatic carbocycles. The van der Waals surface area contributed by atoms with Crippen LogP contribution >= 0.6 is 11.3 Å². The van der Waals surface area contributed by atoms with Crippen molar-refractivity contribution in [3.05, 3.63) is 51.4 Å². The molecule has 0 saturated carbocycles. The number of rotatable bonds is 7. The van der Waals surface area contributed by atoms with Crippen molar-refractivity contribution >= 4 is 28.2 Å². The highest BCUT2D eigenvalue weighted by atomic mass is 32.1. The standard InChI is InChI=1S/C21H27N3O2S/c1-13(2)15-9-7-14(8-10-15)11-24(3)12-18(25)23-21-19(20(22)26)16-5-4-6-17(16)27-21/h7-10,13H,4-6,11-12H2,1-3H3,(H2,22,26)(H,23,25). The molecule has 5 nitrogen and oxygen atoms in total. The van der Waals surface area contributed by atoms with Gasteiger partial charge in [0.1, 0.15) is 5.00 Å². The minimum Gasteiger partial charge on any atom is -0.365 e. The largest absolute Gasteiger partial charge is 0.365 e. The number of nitrogens with zero attached hydrogens (tertiary/aromatic N) is 1. The molecule has 0 bridgehead atoms. The number of likely N-dealkylation sites (N-methyl/N-ethyl adjacent to an activating group) is 1. The van der Waals surface area contributed by atoms with Crippen LogP contribution in [0.3, 0.4) is 0 Å². The highest BCUT2D eigenvalue weighted by Crippen LogP contribution is 2.38. The number of primary amides is 1. The number of hydrogen-bond donors (Lipinski definition) is 2. The zero-order chi connectivity index (χ0) is 19.6. The predicted molar refractivity (Wildman–Crippen MR) is 110 cm³/mol. The first-order valence-electron chi connectivity index (χ1n) is 9.36. The summed E-state index contributed by atoms with van der Waals surface area (Å²) in [5.74, 6) is -0.0727. The van der Waals surface area contributed by atoms with Crippen LogP contribution in [0.2, 0.25) is 0 Å². The highest BCUT2D eigenvalue weighted by molar-refractivity contribution is 7.17. The summed E-state index contributed by atoms with van der Waals surface area (Å²) in [5.41, 5.74) is 9.57. The van der Waals surface area contributed by atoms with Crippen LogP contribution < -0.4 is 11.1 Å². The second-order valence-electron chi connectivity index (χ2n) is 7.54. The summed E-state index contributed by atoms with van der Waals surface area (Å²) in [5, 5.41) is 3.50. The van der Waals surface area contributed by atoms with E-state index in [9.17, 15) is 9.59 Å². The molecule has 1 aromatic heterocycles. The van der Waals surface area contributed by atoms with Crippen LogP contribution in [0.15, 0.2) is 24.3 Å². The summed E-state index contributed by atoms with van der Waals surface area (Å²) in [4.78, 5) is 27.4. The van der Waals surface area contributed by atoms with Gasteiger partial charge in [0.05, 0.1) is 12.1 Å². The van der Waals surface area contributed by atoms with Crippen LogP contribution in [0, 0.1) is 0 Å². The van der Waals surface area contributed by atoms with Gasteiger partial charge in [-0.15, -0.1) is 11.3 Å². The van der Waals surface area contributed by atoms with E-state index in [4.69, 9.17) is 5.73 Å². The number of anilines is 1. The van der Waals surface area contributed by atoms with Crippen molar-refractivity contribution in [2.24, 2.45) is 5.73 Å². The Bertz CT molecular complexity index is 840. The van der Waals surface area contributed by atoms with Crippen LogP contribution in [0.4, 0.5) is 5.00 Å². The fourth-order valence-electron chi connectivity index (χ4n) is 3.54. The summed E-state index contributed by atoms with van der Waals surface area (Å²) < 4.78 is 0. The van der Waals surface area contributed by atoms with Crippen molar-refractivity contribution in [3.63, 3.8) is 0 Å². The van der Waals surface area contributed by atoms with E-state index >= 15 is 0 Å². The average Bonchev–Trinajstić information content (AvgIpc) is 3.15. The Labute approximate surface area is 164 Å². The molecule has 27 heavy (non-hydrogen) atoms. The zero-order valence-electron chi connectivity index (χ0n) is 16.2. The first-order valence-corrected chi connectivity index (χ1v) is 10.2. The molecular formula is C21H27N3O2S. The lowest BCUT2D eigenvalue weighted by Gasteiger charge is -2.17. The van der Waals surface area contributed by atoms with Crippen LogP contribution in [-0.2, 0) is 24.2 Å². The Hall–Kier alpha value is -2.18. The van der Waals surface area contributed by atoms with Gasteiger partial charge in [-0.25, -0.2) is 0 Å². The molecule has 3 rings (SSSR count). The normalized spacial score (nSPS) is 13.2. The molecule has 0 saturated heterocycles. The Morgan fingerprint density at radius 3 is 2.56 bits per heavy atom. The van der Waals surface area contributed by atoms with Crippen LogP contribution in [0.5, 0.6) is 0 Å². The van der Waals surface area contributed by atoms with Crippen molar-refractivity contribution in [3.8, 4) is 0 Å². The Morgan fingerprint density at radius 1 is 1.22 bits per heavy atom. The van der Waals surface area contributed by atoms with E-state index in [-0.39, 0.29) is 12.5 Å². The number of amides is 2. The second-order valence-corrected chi connectivity index (χ2v) is 8.65. The number of nitrogens with two attached hydrogens (primary N) is 1. The molecule has 2 aromatic rings. The van der Waals surface area contributed by atoms with Crippen LogP contribution in [0.25, 0.3) is 0 Å². The molecule has 0 atom stereocenters. The van der Waals surface area contributed by atoms with Crippen LogP contribution in [0.1, 0.15) is 58.1 Å². The fraction of sp³-hybridized carbons (Fsp3) is 0.429. The first kappa shape index (κ1) is 19.6. The van der Waals surface area contributed by atoms with Gasteiger partial charge in [0.2, 0.25) is 5.91 Å². The molecule has 1 aliphatic rings. The minimum absolute atomic E-state index is 0.126. The van der Waals surface area contributed by atoms with E-state index in [0.717, 1.165) is 24.8 Å². The highest BCUT2D eigenvalue weighted by Gasteiger charge is 2.26. The Kier molecular flexibility index (Phi) is 5.97. The van der Waals surface area contributed by atoms with Gasteiger partial charge in [-0.2, -0.15) is 0 Å². The summed E-state index contributed by atoms with van der Waals surface area (Å²) in [7, 11) is 1.92. The zero-order valence-corrected chi connectivity index (χ0v) is 17.0. The fourth-order valence-corrected chi connectivity index (χ4v) is 4.85. The molecule has 0 aliphatic heterocycles. The third-order valence-corrected chi connectivity index (χ3v) is 6.14. The molecule has 0 spiro atoms. The number of thiophene rings is 1. The van der Waals surface area contributed by atoms with Gasteiger partial charge < -0.3 is 11.1 Å². The van der Waals surface area contributed by atoms with Crippen molar-refractivity contribution in [2.45, 2.75) is 45.6 Å². The van der Waals surface area contributed by atoms with E-state index in [1.807, 2.05) is 11.9 Å². The molecule has 0 unspecified atom stereocenters. The molecular weight excluding hydrogens is 358 g/mol. The van der Waals surface area contributed by atoms with Gasteiger partial charge in [0.25, 0.3) is 5.91 Å². The first-order chi connectivity index (χ1) is 12.8. The Balaban J connectivity index is 1.60. The number of benzene rings is 1. The van der Waals surface area contributed by atoms with Gasteiger partial charge in [-0.1, -0.05) is 38.1 Å². The van der Waals surface area contributed by atoms with Crippen molar-refractivity contribution in [1.82, 2.24) is 4.90 Å². The lowest BCUT2D eigenvalue weighted by atomic mass is 10.0. The van der Waals surface area contributed by atoms with Gasteiger partial charge in [0.15, 0.2) is 0 Å². The predicted octanol–water partition coefficient (Wildman–Crippen LogP) is 3.53. The second kappa shape index (κ2) is 8.23. The molecule has 1 heterocycles. The monoisotopic (exact) mass is 385 g/mol. The number of nitrogens with one attached hydrogen (secondary N) is 1. The molecule has 144 valence electrons. The van der Waals surface area contributed by atoms with Crippen LogP contribution in [-0.4, -0.2) is 30.3 Å². The van der Waals surface area contributed by atoms with Gasteiger partial charge in [-0.3, -0.25) is 14.5 Å². The van der Waals surface area contributed by atoms with E-state index in [2.05, 4.69) is 43.4 Å². The third-order valence-electron chi connectivity index (χ3n) is 4.93. The summed E-state index contributed by atoms with van der Waals surface area (Å²) in [6, 6.07) is 8.50. The lowest BCUT2D eigenvalue weighted by Crippen LogP contribution is -2.30. The molecule has 3 N–H and O–H groups in total. The van der Waals surface area contributed by atoms with Crippen molar-refractivity contribution in [1.29, 1.82) is 0 Å². The molecule has 1 aliphatic carbocycles. The van der Waals surface area contributed by atoms with E-state index in [1.165, 1.54) is 27.3 Å². The van der Waals surface area contributed by atoms with E-state index in [1.54, 1.807) is 0 Å². The minimum atomic E-state index is -0.455. The van der Waals surface area contributed by atoms with Gasteiger partial charge >= 0.3 is 0 Å². The number of fused-ring (bicyclic) bond motifs is 1. The Morgan fingerprint density at radius 2 is 1.93 bits per heavy atom. The number of hydrogen-bond acceptors (Lipinski definition) is 4.